The molecule has 0 fully saturated rings. The van der Waals surface area contributed by atoms with Gasteiger partial charge in [0.15, 0.2) is 0 Å². The van der Waals surface area contributed by atoms with Crippen molar-refractivity contribution in [2.24, 2.45) is 0 Å². The van der Waals surface area contributed by atoms with Crippen LogP contribution in [0.2, 0.25) is 0 Å². The van der Waals surface area contributed by atoms with Gasteiger partial charge >= 0.3 is 8.46 Å². The lowest BCUT2D eigenvalue weighted by molar-refractivity contribution is 0.526. The number of hydrogen-bond donors (Lipinski definition) is 0. The Morgan fingerprint density at radius 2 is 0.727 bits per heavy atom. The minimum absolute atomic E-state index is 0.0815. The van der Waals surface area contributed by atoms with Crippen molar-refractivity contribution in [1.82, 2.24) is 0 Å². The van der Waals surface area contributed by atoms with Crippen LogP contribution in [0.1, 0.15) is 122 Å². The Bertz CT molecular complexity index is 206. The molecule has 0 rings (SSSR count). The van der Waals surface area contributed by atoms with Gasteiger partial charge < -0.3 is 0 Å². The van der Waals surface area contributed by atoms with Crippen LogP contribution in [-0.2, 0) is 4.57 Å². The molecule has 0 aliphatic carbocycles. The lowest BCUT2D eigenvalue weighted by Crippen LogP contribution is -1.84. The van der Waals surface area contributed by atoms with Crippen molar-refractivity contribution >= 4 is 8.46 Å². The summed E-state index contributed by atoms with van der Waals surface area (Å²) in [6, 6.07) is 0. The van der Waals surface area contributed by atoms with Gasteiger partial charge in [0.1, 0.15) is 6.16 Å². The maximum Gasteiger partial charge on any atom is 0.324 e. The van der Waals surface area contributed by atoms with E-state index in [2.05, 4.69) is 6.92 Å². The fourth-order valence-electron chi connectivity index (χ4n) is 3.10. The highest BCUT2D eigenvalue weighted by Crippen LogP contribution is 2.14. The third-order valence-corrected chi connectivity index (χ3v) is 5.19. The highest BCUT2D eigenvalue weighted by molar-refractivity contribution is 7.23. The summed E-state index contributed by atoms with van der Waals surface area (Å²) < 4.78 is 10.3. The highest BCUT2D eigenvalue weighted by atomic mass is 31.1. The van der Waals surface area contributed by atoms with Gasteiger partial charge in [0, 0.05) is 0 Å². The van der Waals surface area contributed by atoms with Gasteiger partial charge in [-0.15, -0.1) is 0 Å². The first-order valence-electron chi connectivity index (χ1n) is 10.3. The van der Waals surface area contributed by atoms with E-state index in [9.17, 15) is 4.57 Å². The molecule has 132 valence electrons. The Balaban J connectivity index is 2.92. The average molecular weight is 330 g/mol. The van der Waals surface area contributed by atoms with E-state index >= 15 is 0 Å². The average Bonchev–Trinajstić information content (AvgIpc) is 2.54. The van der Waals surface area contributed by atoms with Crippen molar-refractivity contribution in [3.8, 4) is 0 Å². The van der Waals surface area contributed by atoms with Gasteiger partial charge in [-0.25, -0.2) is 0 Å². The van der Waals surface area contributed by atoms with Crippen LogP contribution in [0.5, 0.6) is 0 Å². The largest absolute Gasteiger partial charge is 0.324 e. The molecule has 1 nitrogen and oxygen atoms in total. The predicted octanol–water partition coefficient (Wildman–Crippen LogP) is 8.05. The Morgan fingerprint density at radius 3 is 1.00 bits per heavy atom. The molecular formula is C20H42OP+. The van der Waals surface area contributed by atoms with Crippen molar-refractivity contribution in [3.05, 3.63) is 0 Å². The van der Waals surface area contributed by atoms with Crippen molar-refractivity contribution in [2.45, 2.75) is 122 Å². The molecule has 22 heavy (non-hydrogen) atoms. The minimum Gasteiger partial charge on any atom is -0.0775 e. The molecule has 0 bridgehead atoms. The van der Waals surface area contributed by atoms with E-state index in [4.69, 9.17) is 0 Å². The summed E-state index contributed by atoms with van der Waals surface area (Å²) in [6.07, 6.45) is 26.4. The standard InChI is InChI=1S/C20H41OP/c1-2-3-4-5-6-7-8-9-10-11-12-13-14-15-16-17-18-19-20-22-21/h2-20H2,1H3/p+1. The second kappa shape index (κ2) is 21.1. The maximum atomic E-state index is 10.3. The van der Waals surface area contributed by atoms with Gasteiger partial charge in [0.05, 0.1) is 0 Å². The van der Waals surface area contributed by atoms with Gasteiger partial charge in [-0.3, -0.25) is 0 Å². The number of unbranched alkanes of at least 4 members (excludes halogenated alkanes) is 17. The normalized spacial score (nSPS) is 11.3. The van der Waals surface area contributed by atoms with Crippen LogP contribution < -0.4 is 0 Å². The van der Waals surface area contributed by atoms with E-state index in [0.717, 1.165) is 6.16 Å². The number of rotatable bonds is 19. The summed E-state index contributed by atoms with van der Waals surface area (Å²) in [6.45, 7) is 2.29. The van der Waals surface area contributed by atoms with E-state index in [0.29, 0.717) is 0 Å². The zero-order chi connectivity index (χ0) is 16.1. The molecule has 1 unspecified atom stereocenters. The molecule has 0 aromatic rings. The van der Waals surface area contributed by atoms with Crippen molar-refractivity contribution in [1.29, 1.82) is 0 Å². The van der Waals surface area contributed by atoms with Crippen molar-refractivity contribution in [3.63, 3.8) is 0 Å². The van der Waals surface area contributed by atoms with Gasteiger partial charge in [-0.05, 0) is 12.8 Å². The summed E-state index contributed by atoms with van der Waals surface area (Å²) in [5, 5.41) is 0. The van der Waals surface area contributed by atoms with E-state index in [-0.39, 0.29) is 8.46 Å². The summed E-state index contributed by atoms with van der Waals surface area (Å²) in [5.41, 5.74) is 0. The molecule has 0 amide bonds. The minimum atomic E-state index is -0.0815. The third-order valence-electron chi connectivity index (χ3n) is 4.63. The Hall–Kier alpha value is 0.100. The third kappa shape index (κ3) is 20.1. The molecule has 0 aromatic carbocycles. The van der Waals surface area contributed by atoms with Gasteiger partial charge in [0.2, 0.25) is 0 Å². The summed E-state index contributed by atoms with van der Waals surface area (Å²) >= 11 is 0. The SMILES string of the molecule is CCCCCCCCCCCCCCCCCCCC[PH+]=O. The molecule has 0 aliphatic heterocycles. The zero-order valence-electron chi connectivity index (χ0n) is 15.3. The van der Waals surface area contributed by atoms with Crippen LogP contribution in [0.4, 0.5) is 0 Å². The van der Waals surface area contributed by atoms with Crippen molar-refractivity contribution in [2.75, 3.05) is 6.16 Å². The smallest absolute Gasteiger partial charge is 0.0775 e. The van der Waals surface area contributed by atoms with E-state index < -0.39 is 0 Å². The summed E-state index contributed by atoms with van der Waals surface area (Å²) in [4.78, 5) is 0. The maximum absolute atomic E-state index is 10.3. The number of hydrogen-bond acceptors (Lipinski definition) is 1. The summed E-state index contributed by atoms with van der Waals surface area (Å²) in [7, 11) is -0.0815. The quantitative estimate of drug-likeness (QED) is 0.173. The first kappa shape index (κ1) is 22.1. The summed E-state index contributed by atoms with van der Waals surface area (Å²) in [5.74, 6) is 0. The molecule has 0 aliphatic rings. The fourth-order valence-corrected chi connectivity index (χ4v) is 3.49. The Kier molecular flexibility index (Phi) is 21.2. The van der Waals surface area contributed by atoms with E-state index in [1.54, 1.807) is 0 Å². The lowest BCUT2D eigenvalue weighted by Gasteiger charge is -2.03. The van der Waals surface area contributed by atoms with Crippen LogP contribution in [-0.4, -0.2) is 6.16 Å². The van der Waals surface area contributed by atoms with Crippen LogP contribution >= 0.6 is 8.46 Å². The molecule has 0 saturated carbocycles. The lowest BCUT2D eigenvalue weighted by atomic mass is 10.0. The van der Waals surface area contributed by atoms with Crippen LogP contribution in [0.25, 0.3) is 0 Å². The molecule has 2 heteroatoms. The first-order chi connectivity index (χ1) is 10.9. The van der Waals surface area contributed by atoms with Gasteiger partial charge in [-0.2, -0.15) is 0 Å². The van der Waals surface area contributed by atoms with E-state index in [1.807, 2.05) is 0 Å². The zero-order valence-corrected chi connectivity index (χ0v) is 16.3. The predicted molar refractivity (Wildman–Crippen MR) is 103 cm³/mol. The van der Waals surface area contributed by atoms with Crippen LogP contribution in [0.15, 0.2) is 0 Å². The fraction of sp³-hybridized carbons (Fsp3) is 1.00. The molecule has 0 aromatic heterocycles. The van der Waals surface area contributed by atoms with E-state index in [1.165, 1.54) is 116 Å². The second-order valence-electron chi connectivity index (χ2n) is 6.90. The molecule has 0 radical (unpaired) electrons. The Morgan fingerprint density at radius 1 is 0.455 bits per heavy atom. The molecule has 0 spiro atoms. The first-order valence-corrected chi connectivity index (χ1v) is 11.4. The van der Waals surface area contributed by atoms with Crippen LogP contribution in [0.3, 0.4) is 0 Å². The topological polar surface area (TPSA) is 17.1 Å². The molecule has 1 atom stereocenters. The van der Waals surface area contributed by atoms with Gasteiger partial charge in [-0.1, -0.05) is 114 Å². The molecule has 0 heterocycles. The highest BCUT2D eigenvalue weighted by Gasteiger charge is 1.95. The molecule has 0 N–H and O–H groups in total. The molecule has 0 saturated heterocycles. The molecular weight excluding hydrogens is 287 g/mol. The van der Waals surface area contributed by atoms with Gasteiger partial charge in [0.25, 0.3) is 0 Å². The Labute approximate surface area is 142 Å². The van der Waals surface area contributed by atoms with Crippen LogP contribution in [0, 0.1) is 0 Å². The second-order valence-corrected chi connectivity index (χ2v) is 7.69. The monoisotopic (exact) mass is 329 g/mol. The van der Waals surface area contributed by atoms with Crippen molar-refractivity contribution < 1.29 is 4.57 Å².